The van der Waals surface area contributed by atoms with Crippen LogP contribution in [0.1, 0.15) is 31.4 Å². The summed E-state index contributed by atoms with van der Waals surface area (Å²) in [5.41, 5.74) is 2.23. The highest BCUT2D eigenvalue weighted by Crippen LogP contribution is 2.52. The fraction of sp³-hybridized carbons (Fsp3) is 0.286. The number of nitro groups is 1. The highest BCUT2D eigenvalue weighted by atomic mass is 16.6. The smallest absolute Gasteiger partial charge is 0.269 e. The average Bonchev–Trinajstić information content (AvgIpc) is 2.85. The Kier molecular flexibility index (Phi) is 3.80. The first-order valence-electron chi connectivity index (χ1n) is 8.97. The highest BCUT2D eigenvalue weighted by molar-refractivity contribution is 5.84. The van der Waals surface area contributed by atoms with Gasteiger partial charge in [-0.1, -0.05) is 38.1 Å². The van der Waals surface area contributed by atoms with Gasteiger partial charge < -0.3 is 10.2 Å². The molecular formula is C21H21N3O3. The van der Waals surface area contributed by atoms with Crippen LogP contribution in [0, 0.1) is 10.1 Å². The van der Waals surface area contributed by atoms with E-state index in [1.165, 1.54) is 17.7 Å². The Morgan fingerprint density at radius 1 is 1.15 bits per heavy atom. The van der Waals surface area contributed by atoms with Crippen molar-refractivity contribution in [2.75, 3.05) is 11.4 Å². The molecule has 1 atom stereocenters. The number of non-ortho nitro benzene ring substituents is 1. The molecule has 2 heterocycles. The van der Waals surface area contributed by atoms with Gasteiger partial charge in [-0.25, -0.2) is 0 Å². The largest absolute Gasteiger partial charge is 0.344 e. The molecule has 2 aromatic carbocycles. The lowest BCUT2D eigenvalue weighted by Crippen LogP contribution is -2.68. The third-order valence-corrected chi connectivity index (χ3v) is 5.76. The zero-order chi connectivity index (χ0) is 19.2. The Hall–Kier alpha value is -3.15. The monoisotopic (exact) mass is 363 g/mol. The molecule has 1 unspecified atom stereocenters. The fourth-order valence-electron chi connectivity index (χ4n) is 4.24. The standard InChI is InChI=1S/C21H21N3O3/c1-20(2)17-5-3-4-6-18(17)23-14-12-19(25)22-21(20,23)13-11-15-7-9-16(10-8-15)24(26)27/h3-11,13H,12,14H2,1-2H3,(H,22,25). The van der Waals surface area contributed by atoms with E-state index in [-0.39, 0.29) is 17.0 Å². The molecule has 1 N–H and O–H groups in total. The van der Waals surface area contributed by atoms with Gasteiger partial charge in [0.15, 0.2) is 0 Å². The summed E-state index contributed by atoms with van der Waals surface area (Å²) in [5, 5.41) is 14.1. The summed E-state index contributed by atoms with van der Waals surface area (Å²) < 4.78 is 0. The van der Waals surface area contributed by atoms with E-state index in [0.717, 1.165) is 11.3 Å². The number of anilines is 1. The number of nitrogens with one attached hydrogen (secondary N) is 1. The van der Waals surface area contributed by atoms with Gasteiger partial charge in [0.2, 0.25) is 5.91 Å². The van der Waals surface area contributed by atoms with Crippen LogP contribution < -0.4 is 10.2 Å². The van der Waals surface area contributed by atoms with Crippen molar-refractivity contribution in [1.82, 2.24) is 5.32 Å². The predicted molar refractivity (Wildman–Crippen MR) is 104 cm³/mol. The Bertz CT molecular complexity index is 949. The molecule has 6 nitrogen and oxygen atoms in total. The first-order valence-corrected chi connectivity index (χ1v) is 8.97. The third-order valence-electron chi connectivity index (χ3n) is 5.76. The van der Waals surface area contributed by atoms with E-state index in [0.29, 0.717) is 13.0 Å². The minimum atomic E-state index is -0.673. The zero-order valence-corrected chi connectivity index (χ0v) is 15.3. The van der Waals surface area contributed by atoms with E-state index in [9.17, 15) is 14.9 Å². The molecule has 27 heavy (non-hydrogen) atoms. The number of carbonyl (C=O) groups excluding carboxylic acids is 1. The van der Waals surface area contributed by atoms with E-state index in [2.05, 4.69) is 36.2 Å². The minimum absolute atomic E-state index is 0.0282. The van der Waals surface area contributed by atoms with Gasteiger partial charge in [0.1, 0.15) is 5.66 Å². The lowest BCUT2D eigenvalue weighted by atomic mass is 9.74. The van der Waals surface area contributed by atoms with Gasteiger partial charge in [0, 0.05) is 36.2 Å². The lowest BCUT2D eigenvalue weighted by molar-refractivity contribution is -0.384. The molecule has 2 aliphatic heterocycles. The average molecular weight is 363 g/mol. The molecule has 0 spiro atoms. The van der Waals surface area contributed by atoms with Crippen molar-refractivity contribution in [2.24, 2.45) is 0 Å². The number of carbonyl (C=O) groups is 1. The summed E-state index contributed by atoms with van der Waals surface area (Å²) in [4.78, 5) is 25.0. The van der Waals surface area contributed by atoms with Crippen LogP contribution in [0.15, 0.2) is 54.6 Å². The molecule has 0 aromatic heterocycles. The van der Waals surface area contributed by atoms with E-state index in [4.69, 9.17) is 0 Å². The van der Waals surface area contributed by atoms with Crippen molar-refractivity contribution in [3.63, 3.8) is 0 Å². The van der Waals surface area contributed by atoms with Crippen LogP contribution in [0.2, 0.25) is 0 Å². The van der Waals surface area contributed by atoms with Gasteiger partial charge in [-0.05, 0) is 35.4 Å². The molecule has 138 valence electrons. The number of amides is 1. The molecule has 1 fully saturated rings. The molecule has 0 aliphatic carbocycles. The van der Waals surface area contributed by atoms with Crippen molar-refractivity contribution in [3.05, 3.63) is 75.8 Å². The molecule has 4 rings (SSSR count). The molecule has 2 aromatic rings. The van der Waals surface area contributed by atoms with Crippen LogP contribution in [-0.2, 0) is 10.2 Å². The van der Waals surface area contributed by atoms with Crippen LogP contribution >= 0.6 is 0 Å². The number of para-hydroxylation sites is 1. The van der Waals surface area contributed by atoms with Crippen molar-refractivity contribution in [1.29, 1.82) is 0 Å². The summed E-state index contributed by atoms with van der Waals surface area (Å²) >= 11 is 0. The number of rotatable bonds is 3. The fourth-order valence-corrected chi connectivity index (χ4v) is 4.24. The first-order chi connectivity index (χ1) is 12.8. The molecule has 0 bridgehead atoms. The SMILES string of the molecule is CC1(C)c2ccccc2N2CCC(=O)NC21C=Cc1ccc([N+](=O)[O-])cc1. The van der Waals surface area contributed by atoms with Crippen LogP contribution in [0.3, 0.4) is 0 Å². The Balaban J connectivity index is 1.78. The van der Waals surface area contributed by atoms with Gasteiger partial charge in [-0.3, -0.25) is 14.9 Å². The second-order valence-electron chi connectivity index (χ2n) is 7.54. The number of hydrogen-bond acceptors (Lipinski definition) is 4. The lowest BCUT2D eigenvalue weighted by Gasteiger charge is -2.49. The van der Waals surface area contributed by atoms with Gasteiger partial charge in [0.05, 0.1) is 4.92 Å². The maximum atomic E-state index is 12.3. The third kappa shape index (κ3) is 2.51. The van der Waals surface area contributed by atoms with Crippen LogP contribution in [0.25, 0.3) is 6.08 Å². The van der Waals surface area contributed by atoms with Crippen molar-refractivity contribution in [3.8, 4) is 0 Å². The zero-order valence-electron chi connectivity index (χ0n) is 15.3. The molecular weight excluding hydrogens is 342 g/mol. The van der Waals surface area contributed by atoms with Crippen LogP contribution in [-0.4, -0.2) is 23.0 Å². The maximum absolute atomic E-state index is 12.3. The number of hydrogen-bond donors (Lipinski definition) is 1. The number of benzene rings is 2. The summed E-state index contributed by atoms with van der Waals surface area (Å²) in [7, 11) is 0. The molecule has 1 saturated heterocycles. The number of fused-ring (bicyclic) bond motifs is 3. The molecule has 0 radical (unpaired) electrons. The van der Waals surface area contributed by atoms with Crippen molar-refractivity contribution in [2.45, 2.75) is 31.3 Å². The topological polar surface area (TPSA) is 75.5 Å². The maximum Gasteiger partial charge on any atom is 0.269 e. The Morgan fingerprint density at radius 3 is 2.56 bits per heavy atom. The number of nitrogens with zero attached hydrogens (tertiary/aromatic N) is 2. The van der Waals surface area contributed by atoms with Gasteiger partial charge in [0.25, 0.3) is 5.69 Å². The highest BCUT2D eigenvalue weighted by Gasteiger charge is 2.57. The van der Waals surface area contributed by atoms with Crippen LogP contribution in [0.4, 0.5) is 11.4 Å². The van der Waals surface area contributed by atoms with Gasteiger partial charge in [-0.15, -0.1) is 0 Å². The summed E-state index contributed by atoms with van der Waals surface area (Å²) in [6.07, 6.45) is 4.40. The van der Waals surface area contributed by atoms with Gasteiger partial charge in [-0.2, -0.15) is 0 Å². The predicted octanol–water partition coefficient (Wildman–Crippen LogP) is 3.62. The van der Waals surface area contributed by atoms with E-state index < -0.39 is 10.6 Å². The van der Waals surface area contributed by atoms with E-state index in [1.807, 2.05) is 24.3 Å². The van der Waals surface area contributed by atoms with Crippen LogP contribution in [0.5, 0.6) is 0 Å². The number of nitro benzene ring substituents is 1. The van der Waals surface area contributed by atoms with Crippen molar-refractivity contribution >= 4 is 23.4 Å². The summed E-state index contributed by atoms with van der Waals surface area (Å²) in [6.45, 7) is 4.92. The van der Waals surface area contributed by atoms with E-state index in [1.54, 1.807) is 12.1 Å². The quantitative estimate of drug-likeness (QED) is 0.667. The Morgan fingerprint density at radius 2 is 1.85 bits per heavy atom. The second kappa shape index (κ2) is 5.94. The Labute approximate surface area is 157 Å². The van der Waals surface area contributed by atoms with Gasteiger partial charge >= 0.3 is 0 Å². The van der Waals surface area contributed by atoms with E-state index >= 15 is 0 Å². The molecule has 0 saturated carbocycles. The summed E-state index contributed by atoms with van der Waals surface area (Å²) in [5.74, 6) is 0.0282. The first kappa shape index (κ1) is 17.3. The normalized spacial score (nSPS) is 23.0. The summed E-state index contributed by atoms with van der Waals surface area (Å²) in [6, 6.07) is 14.7. The minimum Gasteiger partial charge on any atom is -0.344 e. The van der Waals surface area contributed by atoms with Crippen molar-refractivity contribution < 1.29 is 9.72 Å². The molecule has 1 amide bonds. The molecule has 6 heteroatoms. The molecule has 2 aliphatic rings. The second-order valence-corrected chi connectivity index (χ2v) is 7.54.